The number of allylic oxidation sites excluding steroid dienone is 1. The summed E-state index contributed by atoms with van der Waals surface area (Å²) in [6.07, 6.45) is 1.87. The molecule has 0 N–H and O–H groups in total. The van der Waals surface area contributed by atoms with Crippen molar-refractivity contribution in [1.29, 1.82) is 0 Å². The lowest BCUT2D eigenvalue weighted by atomic mass is 10.3. The van der Waals surface area contributed by atoms with E-state index >= 15 is 0 Å². The highest BCUT2D eigenvalue weighted by molar-refractivity contribution is 6.42. The maximum atomic E-state index is 6.22. The van der Waals surface area contributed by atoms with Gasteiger partial charge in [-0.05, 0) is 12.1 Å². The summed E-state index contributed by atoms with van der Waals surface area (Å²) in [6, 6.07) is 13.6. The van der Waals surface area contributed by atoms with Gasteiger partial charge in [0.25, 0.3) is 5.82 Å². The molecule has 1 aromatic heterocycles. The highest BCUT2D eigenvalue weighted by Crippen LogP contribution is 2.27. The molecule has 3 nitrogen and oxygen atoms in total. The van der Waals surface area contributed by atoms with Gasteiger partial charge in [0.15, 0.2) is 11.0 Å². The summed E-state index contributed by atoms with van der Waals surface area (Å²) >= 11 is 12.4. The van der Waals surface area contributed by atoms with Crippen LogP contribution in [0, 0.1) is 6.92 Å². The van der Waals surface area contributed by atoms with E-state index in [0.717, 1.165) is 29.2 Å². The standard InChI is InChI=1S/C19H19Cl2N2O/c1-3-9-22-14(2)23(10-11-24-15-7-5-4-6-8-15)19-13-17(21)16(20)12-18(19)22/h3-8,12-13H,1,9-11H2,2H3/q+1. The van der Waals surface area contributed by atoms with Gasteiger partial charge in [-0.15, -0.1) is 0 Å². The van der Waals surface area contributed by atoms with Gasteiger partial charge in [0.05, 0.1) is 10.0 Å². The Morgan fingerprint density at radius 3 is 2.58 bits per heavy atom. The Hall–Kier alpha value is -1.97. The van der Waals surface area contributed by atoms with Crippen LogP contribution in [0.5, 0.6) is 5.75 Å². The van der Waals surface area contributed by atoms with E-state index in [4.69, 9.17) is 27.9 Å². The van der Waals surface area contributed by atoms with Crippen molar-refractivity contribution in [3.63, 3.8) is 0 Å². The first-order chi connectivity index (χ1) is 11.6. The van der Waals surface area contributed by atoms with Crippen LogP contribution in [0.15, 0.2) is 55.1 Å². The van der Waals surface area contributed by atoms with Crippen LogP contribution in [0.2, 0.25) is 10.0 Å². The molecule has 1 heterocycles. The molecule has 0 aliphatic heterocycles. The topological polar surface area (TPSA) is 18.0 Å². The summed E-state index contributed by atoms with van der Waals surface area (Å²) < 4.78 is 10.2. The van der Waals surface area contributed by atoms with Crippen molar-refractivity contribution >= 4 is 34.2 Å². The first-order valence-electron chi connectivity index (χ1n) is 7.78. The summed E-state index contributed by atoms with van der Waals surface area (Å²) in [5, 5.41) is 1.11. The van der Waals surface area contributed by atoms with Crippen LogP contribution in [0.25, 0.3) is 11.0 Å². The van der Waals surface area contributed by atoms with E-state index in [9.17, 15) is 0 Å². The molecule has 2 aromatic carbocycles. The average Bonchev–Trinajstić information content (AvgIpc) is 2.82. The molecule has 3 aromatic rings. The van der Waals surface area contributed by atoms with Crippen LogP contribution < -0.4 is 9.30 Å². The Kier molecular flexibility index (Phi) is 5.12. The molecule has 24 heavy (non-hydrogen) atoms. The van der Waals surface area contributed by atoms with E-state index < -0.39 is 0 Å². The fourth-order valence-corrected chi connectivity index (χ4v) is 3.18. The van der Waals surface area contributed by atoms with Crippen molar-refractivity contribution in [3.8, 4) is 5.75 Å². The number of aromatic nitrogens is 2. The van der Waals surface area contributed by atoms with Crippen molar-refractivity contribution in [2.75, 3.05) is 6.61 Å². The van der Waals surface area contributed by atoms with Gasteiger partial charge in [0.1, 0.15) is 25.4 Å². The van der Waals surface area contributed by atoms with E-state index in [1.54, 1.807) is 0 Å². The van der Waals surface area contributed by atoms with Gasteiger partial charge in [-0.3, -0.25) is 0 Å². The molecule has 0 bridgehead atoms. The fourth-order valence-electron chi connectivity index (χ4n) is 2.87. The molecular formula is C19H19Cl2N2O+. The third kappa shape index (κ3) is 3.28. The zero-order valence-corrected chi connectivity index (χ0v) is 15.0. The van der Waals surface area contributed by atoms with Crippen molar-refractivity contribution in [3.05, 3.63) is 71.0 Å². The third-order valence-electron chi connectivity index (χ3n) is 4.02. The monoisotopic (exact) mass is 361 g/mol. The van der Waals surface area contributed by atoms with Gasteiger partial charge >= 0.3 is 0 Å². The van der Waals surface area contributed by atoms with E-state index in [1.165, 1.54) is 0 Å². The number of hydrogen-bond donors (Lipinski definition) is 0. The van der Waals surface area contributed by atoms with Gasteiger partial charge in [-0.1, -0.05) is 54.1 Å². The number of ether oxygens (including phenoxy) is 1. The lowest BCUT2D eigenvalue weighted by Gasteiger charge is -2.05. The van der Waals surface area contributed by atoms with Crippen LogP contribution in [-0.4, -0.2) is 11.2 Å². The van der Waals surface area contributed by atoms with Gasteiger partial charge in [0, 0.05) is 19.1 Å². The Morgan fingerprint density at radius 1 is 1.17 bits per heavy atom. The predicted octanol–water partition coefficient (Wildman–Crippen LogP) is 4.81. The molecule has 0 aliphatic carbocycles. The lowest BCUT2D eigenvalue weighted by Crippen LogP contribution is -2.39. The molecular weight excluding hydrogens is 343 g/mol. The van der Waals surface area contributed by atoms with E-state index in [2.05, 4.69) is 22.6 Å². The summed E-state index contributed by atoms with van der Waals surface area (Å²) in [5.74, 6) is 1.98. The zero-order chi connectivity index (χ0) is 17.1. The third-order valence-corrected chi connectivity index (χ3v) is 4.74. The molecule has 0 fully saturated rings. The Morgan fingerprint density at radius 2 is 1.88 bits per heavy atom. The molecule has 0 saturated carbocycles. The van der Waals surface area contributed by atoms with Gasteiger partial charge in [-0.2, -0.15) is 0 Å². The molecule has 0 radical (unpaired) electrons. The normalized spacial score (nSPS) is 11.0. The molecule has 3 rings (SSSR count). The van der Waals surface area contributed by atoms with Gasteiger partial charge in [0.2, 0.25) is 0 Å². The van der Waals surface area contributed by atoms with Crippen molar-refractivity contribution in [1.82, 2.24) is 4.57 Å². The van der Waals surface area contributed by atoms with Crippen molar-refractivity contribution < 1.29 is 9.30 Å². The minimum atomic E-state index is 0.553. The highest BCUT2D eigenvalue weighted by atomic mass is 35.5. The minimum absolute atomic E-state index is 0.553. The number of para-hydroxylation sites is 1. The van der Waals surface area contributed by atoms with E-state index in [1.807, 2.05) is 48.5 Å². The second kappa shape index (κ2) is 7.29. The first kappa shape index (κ1) is 16.9. The minimum Gasteiger partial charge on any atom is -0.489 e. The molecule has 5 heteroatoms. The summed E-state index contributed by atoms with van der Waals surface area (Å²) in [5.41, 5.74) is 2.09. The number of nitrogens with zero attached hydrogens (tertiary/aromatic N) is 2. The number of fused-ring (bicyclic) bond motifs is 1. The molecule has 0 saturated heterocycles. The van der Waals surface area contributed by atoms with Crippen LogP contribution in [0.1, 0.15) is 5.82 Å². The summed E-state index contributed by atoms with van der Waals surface area (Å²) in [7, 11) is 0. The first-order valence-corrected chi connectivity index (χ1v) is 8.54. The number of halogens is 2. The fraction of sp³-hybridized carbons (Fsp3) is 0.211. The van der Waals surface area contributed by atoms with E-state index in [-0.39, 0.29) is 0 Å². The smallest absolute Gasteiger partial charge is 0.254 e. The second-order valence-electron chi connectivity index (χ2n) is 5.51. The zero-order valence-electron chi connectivity index (χ0n) is 13.5. The van der Waals surface area contributed by atoms with Crippen molar-refractivity contribution in [2.45, 2.75) is 20.0 Å². The number of rotatable bonds is 6. The number of imidazole rings is 1. The lowest BCUT2D eigenvalue weighted by molar-refractivity contribution is -0.679. The predicted molar refractivity (Wildman–Crippen MR) is 99.0 cm³/mol. The Balaban J connectivity index is 1.93. The van der Waals surface area contributed by atoms with Crippen LogP contribution in [0.4, 0.5) is 0 Å². The van der Waals surface area contributed by atoms with Crippen molar-refractivity contribution in [2.24, 2.45) is 0 Å². The van der Waals surface area contributed by atoms with Gasteiger partial charge in [-0.25, -0.2) is 9.13 Å². The highest BCUT2D eigenvalue weighted by Gasteiger charge is 2.22. The second-order valence-corrected chi connectivity index (χ2v) is 6.33. The van der Waals surface area contributed by atoms with Crippen LogP contribution >= 0.6 is 23.2 Å². The molecule has 0 amide bonds. The van der Waals surface area contributed by atoms with Gasteiger partial charge < -0.3 is 4.74 Å². The quantitative estimate of drug-likeness (QED) is 0.455. The molecule has 124 valence electrons. The Labute approximate surface area is 151 Å². The Bertz CT molecular complexity index is 872. The number of hydrogen-bond acceptors (Lipinski definition) is 1. The molecule has 0 atom stereocenters. The molecule has 0 unspecified atom stereocenters. The summed E-state index contributed by atoms with van der Waals surface area (Å²) in [4.78, 5) is 0. The van der Waals surface area contributed by atoms with Crippen LogP contribution in [0.3, 0.4) is 0 Å². The maximum Gasteiger partial charge on any atom is 0.254 e. The molecule has 0 spiro atoms. The summed E-state index contributed by atoms with van der Waals surface area (Å²) in [6.45, 7) is 7.93. The van der Waals surface area contributed by atoms with Crippen LogP contribution in [-0.2, 0) is 13.1 Å². The molecule has 0 aliphatic rings. The van der Waals surface area contributed by atoms with E-state index in [0.29, 0.717) is 23.2 Å². The largest absolute Gasteiger partial charge is 0.489 e. The SMILES string of the molecule is C=CCn1c(C)[n+](CCOc2ccccc2)c2cc(Cl)c(Cl)cc21. The number of benzene rings is 2. The maximum absolute atomic E-state index is 6.22. The average molecular weight is 362 g/mol.